The summed E-state index contributed by atoms with van der Waals surface area (Å²) in [6.45, 7) is 0.00343. The number of aromatic nitrogens is 1. The van der Waals surface area contributed by atoms with Crippen LogP contribution in [-0.2, 0) is 16.6 Å². The number of benzene rings is 1. The average molecular weight is 311 g/mol. The van der Waals surface area contributed by atoms with Crippen LogP contribution in [-0.4, -0.2) is 18.3 Å². The molecule has 1 heterocycles. The first-order chi connectivity index (χ1) is 9.90. The van der Waals surface area contributed by atoms with E-state index in [-0.39, 0.29) is 11.4 Å². The van der Waals surface area contributed by atoms with Gasteiger partial charge in [0.05, 0.1) is 9.82 Å². The van der Waals surface area contributed by atoms with Crippen molar-refractivity contribution >= 4 is 15.7 Å². The van der Waals surface area contributed by atoms with Crippen molar-refractivity contribution in [2.75, 3.05) is 0 Å². The van der Waals surface area contributed by atoms with Gasteiger partial charge in [0.2, 0.25) is 15.8 Å². The number of nitrogens with zero attached hydrogens (tertiary/aromatic N) is 2. The Balaban J connectivity index is 2.20. The standard InChI is InChI=1S/C12H10FN3O4S/c13-11-7-10(1-2-12(11)16(17)18)21(19,20)15-8-9-3-5-14-6-4-9/h1-7,15H,8H2. The lowest BCUT2D eigenvalue weighted by molar-refractivity contribution is -0.387. The van der Waals surface area contributed by atoms with E-state index in [4.69, 9.17) is 0 Å². The fourth-order valence-corrected chi connectivity index (χ4v) is 2.59. The highest BCUT2D eigenvalue weighted by Crippen LogP contribution is 2.20. The summed E-state index contributed by atoms with van der Waals surface area (Å²) in [7, 11) is -3.96. The summed E-state index contributed by atoms with van der Waals surface area (Å²) in [4.78, 5) is 13.0. The molecule has 0 unspecified atom stereocenters. The smallest absolute Gasteiger partial charge is 0.265 e. The first-order valence-electron chi connectivity index (χ1n) is 5.72. The third-order valence-electron chi connectivity index (χ3n) is 2.64. The predicted molar refractivity (Wildman–Crippen MR) is 71.3 cm³/mol. The number of hydrogen-bond donors (Lipinski definition) is 1. The van der Waals surface area contributed by atoms with E-state index in [1.54, 1.807) is 12.1 Å². The minimum absolute atomic E-state index is 0.00343. The van der Waals surface area contributed by atoms with Gasteiger partial charge >= 0.3 is 5.69 Å². The Morgan fingerprint density at radius 3 is 2.48 bits per heavy atom. The van der Waals surface area contributed by atoms with Crippen LogP contribution in [0.5, 0.6) is 0 Å². The molecule has 2 rings (SSSR count). The van der Waals surface area contributed by atoms with Crippen molar-refractivity contribution in [3.8, 4) is 0 Å². The normalized spacial score (nSPS) is 11.3. The highest BCUT2D eigenvalue weighted by atomic mass is 32.2. The predicted octanol–water partition coefficient (Wildman–Crippen LogP) is 1.61. The molecule has 7 nitrogen and oxygen atoms in total. The summed E-state index contributed by atoms with van der Waals surface area (Å²) >= 11 is 0. The van der Waals surface area contributed by atoms with Crippen LogP contribution in [0.1, 0.15) is 5.56 Å². The quantitative estimate of drug-likeness (QED) is 0.667. The summed E-state index contributed by atoms with van der Waals surface area (Å²) in [5.41, 5.74) is -0.0981. The largest absolute Gasteiger partial charge is 0.304 e. The molecule has 1 aromatic heterocycles. The Bertz CT molecular complexity index is 765. The molecule has 21 heavy (non-hydrogen) atoms. The van der Waals surface area contributed by atoms with Crippen molar-refractivity contribution in [3.63, 3.8) is 0 Å². The number of hydrogen-bond acceptors (Lipinski definition) is 5. The van der Waals surface area contributed by atoms with E-state index in [1.165, 1.54) is 12.4 Å². The lowest BCUT2D eigenvalue weighted by atomic mass is 10.3. The zero-order chi connectivity index (χ0) is 15.5. The second kappa shape index (κ2) is 5.94. The fraction of sp³-hybridized carbons (Fsp3) is 0.0833. The van der Waals surface area contributed by atoms with E-state index < -0.39 is 26.5 Å². The van der Waals surface area contributed by atoms with Gasteiger partial charge in [0.25, 0.3) is 0 Å². The summed E-state index contributed by atoms with van der Waals surface area (Å²) < 4.78 is 39.7. The Morgan fingerprint density at radius 2 is 1.90 bits per heavy atom. The highest BCUT2D eigenvalue weighted by Gasteiger charge is 2.20. The molecule has 1 N–H and O–H groups in total. The Labute approximate surface area is 119 Å². The molecule has 0 amide bonds. The molecule has 0 aliphatic rings. The van der Waals surface area contributed by atoms with Crippen LogP contribution in [0.15, 0.2) is 47.6 Å². The number of halogens is 1. The Hall–Kier alpha value is -2.39. The van der Waals surface area contributed by atoms with Crippen LogP contribution < -0.4 is 4.72 Å². The first-order valence-corrected chi connectivity index (χ1v) is 7.21. The molecular formula is C12H10FN3O4S. The maximum atomic E-state index is 13.5. The van der Waals surface area contributed by atoms with Crippen molar-refractivity contribution in [1.82, 2.24) is 9.71 Å². The average Bonchev–Trinajstić information content (AvgIpc) is 2.46. The maximum absolute atomic E-state index is 13.5. The minimum atomic E-state index is -3.96. The third kappa shape index (κ3) is 3.58. The second-order valence-electron chi connectivity index (χ2n) is 4.05. The molecule has 0 radical (unpaired) electrons. The molecule has 1 aromatic carbocycles. The molecule has 0 spiro atoms. The van der Waals surface area contributed by atoms with Gasteiger partial charge in [-0.25, -0.2) is 13.1 Å². The van der Waals surface area contributed by atoms with Crippen molar-refractivity contribution in [2.24, 2.45) is 0 Å². The summed E-state index contributed by atoms with van der Waals surface area (Å²) in [5.74, 6) is -1.20. The van der Waals surface area contributed by atoms with Crippen LogP contribution in [0, 0.1) is 15.9 Å². The molecule has 110 valence electrons. The Morgan fingerprint density at radius 1 is 1.24 bits per heavy atom. The number of nitrogens with one attached hydrogen (secondary N) is 1. The van der Waals surface area contributed by atoms with Crippen LogP contribution >= 0.6 is 0 Å². The zero-order valence-corrected chi connectivity index (χ0v) is 11.4. The highest BCUT2D eigenvalue weighted by molar-refractivity contribution is 7.89. The van der Waals surface area contributed by atoms with E-state index in [9.17, 15) is 22.9 Å². The van der Waals surface area contributed by atoms with Gasteiger partial charge in [-0.05, 0) is 23.8 Å². The van der Waals surface area contributed by atoms with Gasteiger partial charge in [-0.15, -0.1) is 0 Å². The number of nitro benzene ring substituents is 1. The molecule has 0 aliphatic carbocycles. The second-order valence-corrected chi connectivity index (χ2v) is 5.82. The van der Waals surface area contributed by atoms with Crippen molar-refractivity contribution in [3.05, 3.63) is 64.2 Å². The van der Waals surface area contributed by atoms with E-state index in [1.807, 2.05) is 0 Å². The fourth-order valence-electron chi connectivity index (χ4n) is 1.57. The van der Waals surface area contributed by atoms with Crippen LogP contribution in [0.3, 0.4) is 0 Å². The minimum Gasteiger partial charge on any atom is -0.265 e. The molecule has 0 bridgehead atoms. The van der Waals surface area contributed by atoms with E-state index >= 15 is 0 Å². The van der Waals surface area contributed by atoms with Crippen LogP contribution in [0.4, 0.5) is 10.1 Å². The summed E-state index contributed by atoms with van der Waals surface area (Å²) in [5, 5.41) is 10.5. The Kier molecular flexibility index (Phi) is 4.24. The lowest BCUT2D eigenvalue weighted by Gasteiger charge is -2.07. The molecule has 0 aliphatic heterocycles. The third-order valence-corrected chi connectivity index (χ3v) is 4.04. The van der Waals surface area contributed by atoms with Crippen molar-refractivity contribution in [2.45, 2.75) is 11.4 Å². The number of nitro groups is 1. The maximum Gasteiger partial charge on any atom is 0.304 e. The van der Waals surface area contributed by atoms with Crippen molar-refractivity contribution < 1.29 is 17.7 Å². The van der Waals surface area contributed by atoms with E-state index in [2.05, 4.69) is 9.71 Å². The number of sulfonamides is 1. The monoisotopic (exact) mass is 311 g/mol. The molecule has 0 saturated carbocycles. The van der Waals surface area contributed by atoms with Gasteiger partial charge in [0.1, 0.15) is 0 Å². The van der Waals surface area contributed by atoms with Gasteiger partial charge in [-0.3, -0.25) is 15.1 Å². The van der Waals surface area contributed by atoms with E-state index in [0.717, 1.165) is 12.1 Å². The van der Waals surface area contributed by atoms with Gasteiger partial charge < -0.3 is 0 Å². The summed E-state index contributed by atoms with van der Waals surface area (Å²) in [6, 6.07) is 5.66. The number of pyridine rings is 1. The van der Waals surface area contributed by atoms with Gasteiger partial charge in [0, 0.05) is 31.1 Å². The molecule has 0 atom stereocenters. The first kappa shape index (κ1) is 15.0. The topological polar surface area (TPSA) is 102 Å². The van der Waals surface area contributed by atoms with E-state index in [0.29, 0.717) is 11.6 Å². The number of rotatable bonds is 5. The molecule has 0 fully saturated rings. The zero-order valence-electron chi connectivity index (χ0n) is 10.6. The molecule has 2 aromatic rings. The van der Waals surface area contributed by atoms with Crippen LogP contribution in [0.2, 0.25) is 0 Å². The van der Waals surface area contributed by atoms with Crippen LogP contribution in [0.25, 0.3) is 0 Å². The van der Waals surface area contributed by atoms with Gasteiger partial charge in [-0.1, -0.05) is 0 Å². The van der Waals surface area contributed by atoms with Crippen molar-refractivity contribution in [1.29, 1.82) is 0 Å². The lowest BCUT2D eigenvalue weighted by Crippen LogP contribution is -2.23. The summed E-state index contributed by atoms with van der Waals surface area (Å²) in [6.07, 6.45) is 3.02. The SMILES string of the molecule is O=[N+]([O-])c1ccc(S(=O)(=O)NCc2ccncc2)cc1F. The molecule has 0 saturated heterocycles. The molecular weight excluding hydrogens is 301 g/mol. The molecule has 9 heteroatoms. The van der Waals surface area contributed by atoms with Gasteiger partial charge in [-0.2, -0.15) is 4.39 Å². The van der Waals surface area contributed by atoms with Gasteiger partial charge in [0.15, 0.2) is 0 Å².